The van der Waals surface area contributed by atoms with Crippen molar-refractivity contribution in [2.45, 2.75) is 84.2 Å². The zero-order chi connectivity index (χ0) is 28.2. The van der Waals surface area contributed by atoms with Gasteiger partial charge in [0.05, 0.1) is 6.42 Å². The molecule has 0 amide bonds. The molecule has 0 spiro atoms. The van der Waals surface area contributed by atoms with Gasteiger partial charge in [-0.05, 0) is 76.6 Å². The third-order valence-corrected chi connectivity index (χ3v) is 7.72. The monoisotopic (exact) mass is 538 g/mol. The number of hydrogen-bond donors (Lipinski definition) is 1. The van der Waals surface area contributed by atoms with Crippen LogP contribution in [0.1, 0.15) is 94.2 Å². The van der Waals surface area contributed by atoms with Gasteiger partial charge < -0.3 is 9.84 Å². The van der Waals surface area contributed by atoms with Gasteiger partial charge in [-0.15, -0.1) is 0 Å². The van der Waals surface area contributed by atoms with Crippen molar-refractivity contribution in [3.05, 3.63) is 88.7 Å². The molecular weight excluding hydrogens is 501 g/mol. The molecule has 0 aliphatic heterocycles. The Morgan fingerprint density at radius 3 is 2.38 bits per heavy atom. The maximum atomic E-state index is 15.1. The molecule has 0 heterocycles. The number of hydrogen-bond acceptors (Lipinski definition) is 2. The molecule has 3 aromatic rings. The topological polar surface area (TPSA) is 46.5 Å². The fourth-order valence-corrected chi connectivity index (χ4v) is 5.40. The van der Waals surface area contributed by atoms with Crippen LogP contribution in [0.4, 0.5) is 13.2 Å². The van der Waals surface area contributed by atoms with E-state index in [1.54, 1.807) is 31.2 Å². The molecule has 39 heavy (non-hydrogen) atoms. The van der Waals surface area contributed by atoms with Gasteiger partial charge in [-0.1, -0.05) is 76.8 Å². The largest absolute Gasteiger partial charge is 0.486 e. The highest BCUT2D eigenvalue weighted by Crippen LogP contribution is 2.51. The second kappa shape index (κ2) is 12.3. The van der Waals surface area contributed by atoms with Gasteiger partial charge in [-0.3, -0.25) is 4.79 Å². The summed E-state index contributed by atoms with van der Waals surface area (Å²) in [5.41, 5.74) is 2.90. The molecule has 2 saturated carbocycles. The van der Waals surface area contributed by atoms with Crippen LogP contribution < -0.4 is 4.74 Å². The van der Waals surface area contributed by atoms with Crippen molar-refractivity contribution in [1.29, 1.82) is 0 Å². The van der Waals surface area contributed by atoms with Crippen LogP contribution >= 0.6 is 0 Å². The first-order valence-electron chi connectivity index (χ1n) is 13.8. The van der Waals surface area contributed by atoms with Crippen LogP contribution in [0.2, 0.25) is 0 Å². The van der Waals surface area contributed by atoms with Crippen molar-refractivity contribution in [3.8, 4) is 16.9 Å². The van der Waals surface area contributed by atoms with Gasteiger partial charge >= 0.3 is 5.97 Å². The Labute approximate surface area is 229 Å². The quantitative estimate of drug-likeness (QED) is 0.311. The molecule has 0 saturated heterocycles. The SMILES string of the molecule is C1CC1.CC(CC(=O)O)c1cccc(OCc2ccc(-c3cc(F)ccc3F)c(C3CCCC3(C)C)c2)c1F. The van der Waals surface area contributed by atoms with Crippen LogP contribution in [0.25, 0.3) is 11.1 Å². The highest BCUT2D eigenvalue weighted by molar-refractivity contribution is 5.70. The summed E-state index contributed by atoms with van der Waals surface area (Å²) in [4.78, 5) is 11.0. The van der Waals surface area contributed by atoms with E-state index in [1.807, 2.05) is 6.07 Å². The maximum Gasteiger partial charge on any atom is 0.303 e. The number of carboxylic acid groups (broad SMARTS) is 1. The molecule has 0 bridgehead atoms. The number of ether oxygens (including phenoxy) is 1. The lowest BCUT2D eigenvalue weighted by Crippen LogP contribution is -2.17. The molecule has 0 aromatic heterocycles. The molecule has 2 atom stereocenters. The molecule has 5 rings (SSSR count). The van der Waals surface area contributed by atoms with E-state index in [4.69, 9.17) is 9.84 Å². The van der Waals surface area contributed by atoms with Gasteiger partial charge in [-0.25, -0.2) is 13.2 Å². The molecule has 2 aliphatic rings. The summed E-state index contributed by atoms with van der Waals surface area (Å²) in [7, 11) is 0. The third kappa shape index (κ3) is 7.23. The normalized spacial score (nSPS) is 18.2. The number of benzene rings is 3. The molecule has 3 nitrogen and oxygen atoms in total. The number of halogens is 3. The van der Waals surface area contributed by atoms with Crippen LogP contribution in [0.5, 0.6) is 5.75 Å². The second-order valence-electron chi connectivity index (χ2n) is 11.5. The van der Waals surface area contributed by atoms with Crippen LogP contribution in [0.3, 0.4) is 0 Å². The fourth-order valence-electron chi connectivity index (χ4n) is 5.40. The van der Waals surface area contributed by atoms with E-state index in [0.717, 1.165) is 42.5 Å². The van der Waals surface area contributed by atoms with Crippen molar-refractivity contribution < 1.29 is 27.8 Å². The zero-order valence-corrected chi connectivity index (χ0v) is 22.9. The summed E-state index contributed by atoms with van der Waals surface area (Å²) in [5.74, 6) is -2.83. The average molecular weight is 539 g/mol. The van der Waals surface area contributed by atoms with Gasteiger partial charge in [-0.2, -0.15) is 0 Å². The lowest BCUT2D eigenvalue weighted by Gasteiger charge is -2.30. The number of rotatable bonds is 8. The van der Waals surface area contributed by atoms with Crippen molar-refractivity contribution in [2.75, 3.05) is 0 Å². The molecule has 2 fully saturated rings. The second-order valence-corrected chi connectivity index (χ2v) is 11.5. The van der Waals surface area contributed by atoms with Crippen molar-refractivity contribution >= 4 is 5.97 Å². The smallest absolute Gasteiger partial charge is 0.303 e. The number of carbonyl (C=O) groups is 1. The fraction of sp³-hybridized carbons (Fsp3) is 0.424. The minimum absolute atomic E-state index is 0.00124. The molecule has 208 valence electrons. The van der Waals surface area contributed by atoms with Crippen LogP contribution in [0, 0.1) is 22.9 Å². The van der Waals surface area contributed by atoms with E-state index in [9.17, 15) is 13.6 Å². The van der Waals surface area contributed by atoms with E-state index in [-0.39, 0.29) is 35.7 Å². The summed E-state index contributed by atoms with van der Waals surface area (Å²) in [6.07, 6.45) is 7.35. The number of carboxylic acids is 1. The van der Waals surface area contributed by atoms with Gasteiger partial charge in [0, 0.05) is 5.56 Å². The van der Waals surface area contributed by atoms with Crippen LogP contribution in [-0.2, 0) is 11.4 Å². The highest BCUT2D eigenvalue weighted by atomic mass is 19.1. The Balaban J connectivity index is 0.00000110. The van der Waals surface area contributed by atoms with Crippen molar-refractivity contribution in [3.63, 3.8) is 0 Å². The first kappa shape index (κ1) is 28.7. The van der Waals surface area contributed by atoms with Gasteiger partial charge in [0.1, 0.15) is 18.2 Å². The van der Waals surface area contributed by atoms with E-state index in [2.05, 4.69) is 13.8 Å². The third-order valence-electron chi connectivity index (χ3n) is 7.72. The Hall–Kier alpha value is -3.28. The Bertz CT molecular complexity index is 1310. The summed E-state index contributed by atoms with van der Waals surface area (Å²) in [6.45, 7) is 6.13. The lowest BCUT2D eigenvalue weighted by atomic mass is 9.75. The minimum atomic E-state index is -0.995. The van der Waals surface area contributed by atoms with Gasteiger partial charge in [0.15, 0.2) is 11.6 Å². The first-order valence-corrected chi connectivity index (χ1v) is 13.8. The van der Waals surface area contributed by atoms with E-state index >= 15 is 4.39 Å². The Morgan fingerprint density at radius 1 is 1.00 bits per heavy atom. The standard InChI is InChI=1S/C30H31F3O3.C3H6/c1-18(14-28(34)35)21-6-4-8-27(29(21)33)36-17-19-9-11-22(24-16-20(31)10-12-26(24)32)23(15-19)25-7-5-13-30(25,2)3;1-2-3-1/h4,6,8-12,15-16,18,25H,5,7,13-14,17H2,1-3H3,(H,34,35);1-3H2. The molecule has 2 aliphatic carbocycles. The first-order chi connectivity index (χ1) is 18.6. The van der Waals surface area contributed by atoms with Gasteiger partial charge in [0.25, 0.3) is 0 Å². The molecule has 6 heteroatoms. The predicted octanol–water partition coefficient (Wildman–Crippen LogP) is 9.39. The lowest BCUT2D eigenvalue weighted by molar-refractivity contribution is -0.137. The summed E-state index contributed by atoms with van der Waals surface area (Å²) >= 11 is 0. The van der Waals surface area contributed by atoms with Crippen molar-refractivity contribution in [1.82, 2.24) is 0 Å². The summed E-state index contributed by atoms with van der Waals surface area (Å²) < 4.78 is 49.7. The molecule has 0 radical (unpaired) electrons. The Morgan fingerprint density at radius 2 is 1.74 bits per heavy atom. The number of aliphatic carboxylic acids is 1. The van der Waals surface area contributed by atoms with Gasteiger partial charge in [0.2, 0.25) is 0 Å². The zero-order valence-electron chi connectivity index (χ0n) is 22.9. The van der Waals surface area contributed by atoms with E-state index in [1.165, 1.54) is 31.4 Å². The van der Waals surface area contributed by atoms with E-state index < -0.39 is 29.3 Å². The highest BCUT2D eigenvalue weighted by Gasteiger charge is 2.37. The average Bonchev–Trinajstić information content (AvgIpc) is 3.73. The van der Waals surface area contributed by atoms with E-state index in [0.29, 0.717) is 11.1 Å². The predicted molar refractivity (Wildman–Crippen MR) is 147 cm³/mol. The van der Waals surface area contributed by atoms with Crippen molar-refractivity contribution in [2.24, 2.45) is 5.41 Å². The molecular formula is C33H37F3O3. The summed E-state index contributed by atoms with van der Waals surface area (Å²) in [6, 6.07) is 13.8. The molecule has 2 unspecified atom stereocenters. The molecule has 3 aromatic carbocycles. The van der Waals surface area contributed by atoms with Crippen LogP contribution in [-0.4, -0.2) is 11.1 Å². The summed E-state index contributed by atoms with van der Waals surface area (Å²) in [5, 5.41) is 9.05. The van der Waals surface area contributed by atoms with Crippen LogP contribution in [0.15, 0.2) is 54.6 Å². The maximum absolute atomic E-state index is 15.1. The molecule has 1 N–H and O–H groups in total. The Kier molecular flexibility index (Phi) is 9.04. The minimum Gasteiger partial charge on any atom is -0.486 e.